The first-order chi connectivity index (χ1) is 18.2. The first-order valence-corrected chi connectivity index (χ1v) is 13.8. The summed E-state index contributed by atoms with van der Waals surface area (Å²) < 4.78 is 34.5. The number of carbonyl (C=O) groups is 1. The summed E-state index contributed by atoms with van der Waals surface area (Å²) in [6.07, 6.45) is 0.625. The van der Waals surface area contributed by atoms with Gasteiger partial charge in [0.05, 0.1) is 29.8 Å². The third-order valence-corrected chi connectivity index (χ3v) is 7.95. The highest BCUT2D eigenvalue weighted by atomic mass is 32.2. The number of amides is 1. The molecule has 0 atom stereocenters. The van der Waals surface area contributed by atoms with Gasteiger partial charge in [-0.2, -0.15) is 0 Å². The van der Waals surface area contributed by atoms with Gasteiger partial charge in [-0.1, -0.05) is 72.8 Å². The van der Waals surface area contributed by atoms with Crippen LogP contribution in [0.3, 0.4) is 0 Å². The minimum atomic E-state index is -4.03. The van der Waals surface area contributed by atoms with Crippen molar-refractivity contribution in [3.8, 4) is 5.75 Å². The molecule has 0 spiro atoms. The van der Waals surface area contributed by atoms with E-state index in [0.29, 0.717) is 17.9 Å². The van der Waals surface area contributed by atoms with Crippen LogP contribution in [0.5, 0.6) is 5.75 Å². The Kier molecular flexibility index (Phi) is 8.17. The maximum Gasteiger partial charge on any atom is 0.264 e. The molecule has 0 fully saturated rings. The molecule has 0 aliphatic carbocycles. The minimum absolute atomic E-state index is 0.0624. The molecule has 0 unspecified atom stereocenters. The molecule has 4 rings (SSSR count). The number of nitrogens with one attached hydrogen (secondary N) is 1. The van der Waals surface area contributed by atoms with Gasteiger partial charge in [-0.25, -0.2) is 8.42 Å². The molecule has 0 saturated heterocycles. The summed E-state index contributed by atoms with van der Waals surface area (Å²) in [7, 11) is -2.50. The number of hydrogen-bond donors (Lipinski definition) is 1. The van der Waals surface area contributed by atoms with Crippen molar-refractivity contribution in [2.45, 2.75) is 37.2 Å². The van der Waals surface area contributed by atoms with Crippen LogP contribution in [0, 0.1) is 0 Å². The maximum atomic E-state index is 14.0. The highest BCUT2D eigenvalue weighted by Gasteiger charge is 2.30. The van der Waals surface area contributed by atoms with Gasteiger partial charge in [0.2, 0.25) is 0 Å². The van der Waals surface area contributed by atoms with Gasteiger partial charge in [-0.15, -0.1) is 0 Å². The van der Waals surface area contributed by atoms with Crippen LogP contribution in [0.1, 0.15) is 35.3 Å². The lowest BCUT2D eigenvalue weighted by Gasteiger charge is -2.29. The molecule has 0 aliphatic rings. The lowest BCUT2D eigenvalue weighted by atomic mass is 9.94. The molecule has 0 aliphatic heterocycles. The molecule has 4 aromatic rings. The Bertz CT molecular complexity index is 1470. The summed E-state index contributed by atoms with van der Waals surface area (Å²) in [5, 5.41) is 3.11. The van der Waals surface area contributed by atoms with Crippen molar-refractivity contribution in [3.63, 3.8) is 0 Å². The van der Waals surface area contributed by atoms with Gasteiger partial charge in [0, 0.05) is 5.54 Å². The summed E-state index contributed by atoms with van der Waals surface area (Å²) in [6.45, 7) is 3.97. The van der Waals surface area contributed by atoms with E-state index in [1.54, 1.807) is 36.4 Å². The number of methoxy groups -OCH3 is 1. The Morgan fingerprint density at radius 3 is 1.95 bits per heavy atom. The van der Waals surface area contributed by atoms with Crippen molar-refractivity contribution in [2.75, 3.05) is 11.4 Å². The van der Waals surface area contributed by atoms with Crippen LogP contribution in [-0.4, -0.2) is 27.0 Å². The number of rotatable bonds is 10. The van der Waals surface area contributed by atoms with E-state index in [-0.39, 0.29) is 22.9 Å². The Morgan fingerprint density at radius 2 is 1.34 bits per heavy atom. The molecule has 0 saturated carbocycles. The first kappa shape index (κ1) is 26.9. The minimum Gasteiger partial charge on any atom is -0.497 e. The van der Waals surface area contributed by atoms with Crippen molar-refractivity contribution < 1.29 is 17.9 Å². The number of ether oxygens (including phenoxy) is 1. The van der Waals surface area contributed by atoms with E-state index < -0.39 is 15.6 Å². The van der Waals surface area contributed by atoms with Gasteiger partial charge in [0.15, 0.2) is 0 Å². The fraction of sp³-hybridized carbons (Fsp3) is 0.194. The van der Waals surface area contributed by atoms with Crippen molar-refractivity contribution >= 4 is 21.6 Å². The summed E-state index contributed by atoms with van der Waals surface area (Å²) in [6, 6.07) is 32.3. The van der Waals surface area contributed by atoms with Crippen molar-refractivity contribution in [3.05, 3.63) is 126 Å². The number of anilines is 1. The number of hydrogen-bond acceptors (Lipinski definition) is 4. The van der Waals surface area contributed by atoms with E-state index >= 15 is 0 Å². The average Bonchev–Trinajstić information content (AvgIpc) is 2.92. The molecule has 0 radical (unpaired) electrons. The first-order valence-electron chi connectivity index (χ1n) is 12.4. The molecule has 0 heterocycles. The maximum absolute atomic E-state index is 14.0. The fourth-order valence-electron chi connectivity index (χ4n) is 4.33. The number of carbonyl (C=O) groups excluding carboxylic acids is 1. The van der Waals surface area contributed by atoms with E-state index in [0.717, 1.165) is 11.1 Å². The normalized spacial score (nSPS) is 11.6. The van der Waals surface area contributed by atoms with Gasteiger partial charge < -0.3 is 10.1 Å². The Balaban J connectivity index is 1.72. The molecular weight excluding hydrogens is 496 g/mol. The van der Waals surface area contributed by atoms with Gasteiger partial charge in [-0.3, -0.25) is 9.10 Å². The molecule has 0 bridgehead atoms. The third-order valence-electron chi connectivity index (χ3n) is 6.17. The largest absolute Gasteiger partial charge is 0.497 e. The monoisotopic (exact) mass is 528 g/mol. The molecule has 4 aromatic carbocycles. The molecule has 7 heteroatoms. The number of para-hydroxylation sites is 1. The summed E-state index contributed by atoms with van der Waals surface area (Å²) in [5.41, 5.74) is 1.91. The number of sulfonamides is 1. The lowest BCUT2D eigenvalue weighted by molar-refractivity contribution is 0.0913. The zero-order valence-corrected chi connectivity index (χ0v) is 22.6. The van der Waals surface area contributed by atoms with Crippen molar-refractivity contribution in [1.82, 2.24) is 5.32 Å². The zero-order chi connectivity index (χ0) is 27.2. The molecule has 38 heavy (non-hydrogen) atoms. The van der Waals surface area contributed by atoms with Gasteiger partial charge in [0.1, 0.15) is 5.75 Å². The van der Waals surface area contributed by atoms with Crippen LogP contribution in [0.4, 0.5) is 5.69 Å². The van der Waals surface area contributed by atoms with E-state index in [2.05, 4.69) is 5.32 Å². The van der Waals surface area contributed by atoms with Crippen LogP contribution >= 0.6 is 0 Å². The van der Waals surface area contributed by atoms with Crippen LogP contribution in [0.2, 0.25) is 0 Å². The summed E-state index contributed by atoms with van der Waals surface area (Å²) in [5.74, 6) is 0.212. The fourth-order valence-corrected chi connectivity index (χ4v) is 5.80. The van der Waals surface area contributed by atoms with Gasteiger partial charge in [0.25, 0.3) is 15.9 Å². The Morgan fingerprint density at radius 1 is 0.789 bits per heavy atom. The van der Waals surface area contributed by atoms with Crippen LogP contribution < -0.4 is 14.4 Å². The molecule has 1 amide bonds. The summed E-state index contributed by atoms with van der Waals surface area (Å²) >= 11 is 0. The van der Waals surface area contributed by atoms with Crippen molar-refractivity contribution in [1.29, 1.82) is 0 Å². The second-order valence-electron chi connectivity index (χ2n) is 9.69. The van der Waals surface area contributed by atoms with Crippen LogP contribution in [0.25, 0.3) is 0 Å². The van der Waals surface area contributed by atoms with Crippen LogP contribution in [-0.2, 0) is 23.0 Å². The SMILES string of the molecule is COc1ccc(S(=O)(=O)N(Cc2ccccc2)c2ccccc2C(=O)NC(C)(C)Cc2ccccc2)cc1. The van der Waals surface area contributed by atoms with Crippen molar-refractivity contribution in [2.24, 2.45) is 0 Å². The topological polar surface area (TPSA) is 75.7 Å². The van der Waals surface area contributed by atoms with Crippen LogP contribution in [0.15, 0.2) is 114 Å². The van der Waals surface area contributed by atoms with E-state index in [1.165, 1.54) is 23.5 Å². The van der Waals surface area contributed by atoms with E-state index in [9.17, 15) is 13.2 Å². The predicted molar refractivity (Wildman–Crippen MR) is 151 cm³/mol. The third kappa shape index (κ3) is 6.42. The molecule has 196 valence electrons. The Labute approximate surface area is 225 Å². The molecule has 6 nitrogen and oxygen atoms in total. The second-order valence-corrected chi connectivity index (χ2v) is 11.6. The van der Waals surface area contributed by atoms with Gasteiger partial charge in [-0.05, 0) is 67.8 Å². The van der Waals surface area contributed by atoms with E-state index in [4.69, 9.17) is 4.74 Å². The number of nitrogens with zero attached hydrogens (tertiary/aromatic N) is 1. The van der Waals surface area contributed by atoms with E-state index in [1.807, 2.05) is 74.5 Å². The zero-order valence-electron chi connectivity index (χ0n) is 21.8. The standard InChI is InChI=1S/C31H32N2O4S/c1-31(2,22-24-12-6-4-7-13-24)32-30(34)28-16-10-11-17-29(28)33(23-25-14-8-5-9-15-25)38(35,36)27-20-18-26(37-3)19-21-27/h4-21H,22-23H2,1-3H3,(H,32,34). The Hall–Kier alpha value is -4.10. The predicted octanol–water partition coefficient (Wildman–Crippen LogP) is 5.84. The molecule has 1 N–H and O–H groups in total. The average molecular weight is 529 g/mol. The number of benzene rings is 4. The highest BCUT2D eigenvalue weighted by molar-refractivity contribution is 7.92. The molecule has 0 aromatic heterocycles. The highest BCUT2D eigenvalue weighted by Crippen LogP contribution is 2.30. The van der Waals surface area contributed by atoms with Gasteiger partial charge >= 0.3 is 0 Å². The summed E-state index contributed by atoms with van der Waals surface area (Å²) in [4.78, 5) is 13.7. The smallest absolute Gasteiger partial charge is 0.264 e. The second kappa shape index (κ2) is 11.5. The molecular formula is C31H32N2O4S. The lowest BCUT2D eigenvalue weighted by Crippen LogP contribution is -2.45. The quantitative estimate of drug-likeness (QED) is 0.281.